The molecule has 0 unspecified atom stereocenters. The summed E-state index contributed by atoms with van der Waals surface area (Å²) < 4.78 is 12.8. The van der Waals surface area contributed by atoms with E-state index in [1.165, 1.54) is 0 Å². The van der Waals surface area contributed by atoms with Gasteiger partial charge in [0.25, 0.3) is 0 Å². The molecular formula is C13H25N3O2. The Morgan fingerprint density at radius 1 is 1.44 bits per heavy atom. The standard InChI is InChI=1S/C13H25N3O2/c1-6-18-13(3,4)10-14-12-15-11(2)9-16(12)7-8-17-5/h9H,6-8,10H2,1-5H3,(H,14,15). The van der Waals surface area contributed by atoms with E-state index in [1.54, 1.807) is 7.11 Å². The quantitative estimate of drug-likeness (QED) is 0.772. The fourth-order valence-corrected chi connectivity index (χ4v) is 1.78. The Balaban J connectivity index is 2.60. The first kappa shape index (κ1) is 15.0. The third kappa shape index (κ3) is 4.66. The zero-order valence-corrected chi connectivity index (χ0v) is 12.1. The Morgan fingerprint density at radius 3 is 2.78 bits per heavy atom. The average molecular weight is 255 g/mol. The molecule has 0 aliphatic rings. The van der Waals surface area contributed by atoms with Crippen LogP contribution in [0.25, 0.3) is 0 Å². The molecule has 0 fully saturated rings. The van der Waals surface area contributed by atoms with E-state index in [0.717, 1.165) is 24.7 Å². The van der Waals surface area contributed by atoms with E-state index in [-0.39, 0.29) is 5.60 Å². The molecule has 5 nitrogen and oxygen atoms in total. The Kier molecular flexibility index (Phi) is 5.62. The summed E-state index contributed by atoms with van der Waals surface area (Å²) in [6, 6.07) is 0. The highest BCUT2D eigenvalue weighted by molar-refractivity contribution is 5.29. The van der Waals surface area contributed by atoms with Crippen LogP contribution in [0.4, 0.5) is 5.95 Å². The van der Waals surface area contributed by atoms with E-state index in [2.05, 4.69) is 28.7 Å². The highest BCUT2D eigenvalue weighted by Gasteiger charge is 2.18. The summed E-state index contributed by atoms with van der Waals surface area (Å²) in [6.07, 6.45) is 2.02. The Labute approximate surface area is 109 Å². The molecule has 1 aromatic rings. The van der Waals surface area contributed by atoms with Crippen LogP contribution in [0.3, 0.4) is 0 Å². The van der Waals surface area contributed by atoms with Gasteiger partial charge in [0, 0.05) is 33.0 Å². The van der Waals surface area contributed by atoms with Gasteiger partial charge >= 0.3 is 0 Å². The lowest BCUT2D eigenvalue weighted by atomic mass is 10.1. The van der Waals surface area contributed by atoms with Crippen LogP contribution < -0.4 is 5.32 Å². The van der Waals surface area contributed by atoms with Crippen LogP contribution in [-0.2, 0) is 16.0 Å². The van der Waals surface area contributed by atoms with Gasteiger partial charge in [-0.05, 0) is 27.7 Å². The van der Waals surface area contributed by atoms with Crippen LogP contribution in [0.2, 0.25) is 0 Å². The van der Waals surface area contributed by atoms with Crippen molar-refractivity contribution in [3.8, 4) is 0 Å². The summed E-state index contributed by atoms with van der Waals surface area (Å²) in [5.74, 6) is 0.873. The number of hydrogen-bond acceptors (Lipinski definition) is 4. The Hall–Kier alpha value is -1.07. The van der Waals surface area contributed by atoms with Crippen LogP contribution in [0.15, 0.2) is 6.20 Å². The van der Waals surface area contributed by atoms with E-state index in [9.17, 15) is 0 Å². The maximum atomic E-state index is 5.65. The zero-order chi connectivity index (χ0) is 13.6. The third-order valence-corrected chi connectivity index (χ3v) is 2.64. The van der Waals surface area contributed by atoms with Crippen LogP contribution in [0, 0.1) is 6.92 Å². The first-order chi connectivity index (χ1) is 8.48. The second-order valence-corrected chi connectivity index (χ2v) is 4.94. The van der Waals surface area contributed by atoms with E-state index in [0.29, 0.717) is 13.2 Å². The van der Waals surface area contributed by atoms with Crippen LogP contribution in [0.5, 0.6) is 0 Å². The molecule has 1 N–H and O–H groups in total. The monoisotopic (exact) mass is 255 g/mol. The summed E-state index contributed by atoms with van der Waals surface area (Å²) >= 11 is 0. The summed E-state index contributed by atoms with van der Waals surface area (Å²) in [7, 11) is 1.70. The number of rotatable bonds is 8. The predicted octanol–water partition coefficient (Wildman–Crippen LogP) is 2.06. The Morgan fingerprint density at radius 2 is 2.17 bits per heavy atom. The molecule has 0 saturated carbocycles. The first-order valence-electron chi connectivity index (χ1n) is 6.39. The van der Waals surface area contributed by atoms with Gasteiger partial charge in [-0.2, -0.15) is 0 Å². The van der Waals surface area contributed by atoms with E-state index in [4.69, 9.17) is 9.47 Å². The van der Waals surface area contributed by atoms with Gasteiger partial charge in [-0.1, -0.05) is 0 Å². The predicted molar refractivity (Wildman–Crippen MR) is 73.0 cm³/mol. The van der Waals surface area contributed by atoms with Gasteiger partial charge in [0.05, 0.1) is 17.9 Å². The largest absolute Gasteiger partial charge is 0.383 e. The van der Waals surface area contributed by atoms with E-state index in [1.807, 2.05) is 20.0 Å². The molecule has 0 saturated heterocycles. The zero-order valence-electron chi connectivity index (χ0n) is 12.1. The van der Waals surface area contributed by atoms with Gasteiger partial charge in [0.15, 0.2) is 0 Å². The first-order valence-corrected chi connectivity index (χ1v) is 6.39. The summed E-state index contributed by atoms with van der Waals surface area (Å²) in [5.41, 5.74) is 0.809. The number of aromatic nitrogens is 2. The fraction of sp³-hybridized carbons (Fsp3) is 0.769. The van der Waals surface area contributed by atoms with Crippen molar-refractivity contribution in [2.75, 3.05) is 32.2 Å². The molecule has 0 radical (unpaired) electrons. The normalized spacial score (nSPS) is 11.8. The summed E-state index contributed by atoms with van der Waals surface area (Å²) in [5, 5.41) is 3.34. The summed E-state index contributed by atoms with van der Waals surface area (Å²) in [4.78, 5) is 4.47. The number of nitrogens with one attached hydrogen (secondary N) is 1. The minimum atomic E-state index is -0.194. The highest BCUT2D eigenvalue weighted by atomic mass is 16.5. The van der Waals surface area contributed by atoms with Crippen molar-refractivity contribution in [3.05, 3.63) is 11.9 Å². The van der Waals surface area contributed by atoms with Gasteiger partial charge < -0.3 is 19.4 Å². The second-order valence-electron chi connectivity index (χ2n) is 4.94. The second kappa shape index (κ2) is 6.75. The molecule has 0 aromatic carbocycles. The minimum absolute atomic E-state index is 0.194. The molecule has 1 aromatic heterocycles. The van der Waals surface area contributed by atoms with Gasteiger partial charge in [-0.25, -0.2) is 4.98 Å². The number of aryl methyl sites for hydroxylation is 1. The van der Waals surface area contributed by atoms with Gasteiger partial charge in [0.2, 0.25) is 5.95 Å². The molecule has 1 rings (SSSR count). The highest BCUT2D eigenvalue weighted by Crippen LogP contribution is 2.13. The Bertz CT molecular complexity index is 361. The molecule has 0 spiro atoms. The van der Waals surface area contributed by atoms with Crippen molar-refractivity contribution in [2.45, 2.75) is 39.8 Å². The van der Waals surface area contributed by atoms with Crippen molar-refractivity contribution in [1.82, 2.24) is 9.55 Å². The smallest absolute Gasteiger partial charge is 0.203 e. The van der Waals surface area contributed by atoms with Gasteiger partial charge in [-0.3, -0.25) is 0 Å². The van der Waals surface area contributed by atoms with Crippen LogP contribution in [-0.4, -0.2) is 42.0 Å². The number of nitrogens with zero attached hydrogens (tertiary/aromatic N) is 2. The van der Waals surface area contributed by atoms with Gasteiger partial charge in [0.1, 0.15) is 0 Å². The van der Waals surface area contributed by atoms with Gasteiger partial charge in [-0.15, -0.1) is 0 Å². The van der Waals surface area contributed by atoms with E-state index >= 15 is 0 Å². The molecule has 0 aliphatic heterocycles. The summed E-state index contributed by atoms with van der Waals surface area (Å²) in [6.45, 7) is 11.1. The fourth-order valence-electron chi connectivity index (χ4n) is 1.78. The molecule has 0 aliphatic carbocycles. The molecular weight excluding hydrogens is 230 g/mol. The van der Waals surface area contributed by atoms with Crippen molar-refractivity contribution in [2.24, 2.45) is 0 Å². The lowest BCUT2D eigenvalue weighted by molar-refractivity contribution is 0.000533. The topological polar surface area (TPSA) is 48.3 Å². The van der Waals surface area contributed by atoms with Crippen LogP contribution >= 0.6 is 0 Å². The lowest BCUT2D eigenvalue weighted by Gasteiger charge is -2.25. The third-order valence-electron chi connectivity index (χ3n) is 2.64. The molecule has 0 amide bonds. The molecule has 0 bridgehead atoms. The van der Waals surface area contributed by atoms with Crippen molar-refractivity contribution in [1.29, 1.82) is 0 Å². The van der Waals surface area contributed by atoms with Crippen molar-refractivity contribution in [3.63, 3.8) is 0 Å². The van der Waals surface area contributed by atoms with Crippen molar-refractivity contribution >= 4 is 5.95 Å². The number of anilines is 1. The number of ether oxygens (including phenoxy) is 2. The number of imidazole rings is 1. The number of hydrogen-bond donors (Lipinski definition) is 1. The minimum Gasteiger partial charge on any atom is -0.383 e. The maximum Gasteiger partial charge on any atom is 0.203 e. The van der Waals surface area contributed by atoms with E-state index < -0.39 is 0 Å². The SMILES string of the molecule is CCOC(C)(C)CNc1nc(C)cn1CCOC. The molecule has 18 heavy (non-hydrogen) atoms. The molecule has 104 valence electrons. The van der Waals surface area contributed by atoms with Crippen molar-refractivity contribution < 1.29 is 9.47 Å². The average Bonchev–Trinajstić information content (AvgIpc) is 2.64. The molecule has 0 atom stereocenters. The molecule has 1 heterocycles. The molecule has 5 heteroatoms. The van der Waals surface area contributed by atoms with Crippen LogP contribution in [0.1, 0.15) is 26.5 Å². The lowest BCUT2D eigenvalue weighted by Crippen LogP contribution is -2.34. The number of methoxy groups -OCH3 is 1. The maximum absolute atomic E-state index is 5.65.